The number of hydrogen-bond donors (Lipinski definition) is 0. The van der Waals surface area contributed by atoms with Crippen LogP contribution in [0.25, 0.3) is 21.9 Å². The van der Waals surface area contributed by atoms with Crippen LogP contribution in [0.4, 0.5) is 0 Å². The Hall–Kier alpha value is -3.87. The van der Waals surface area contributed by atoms with Gasteiger partial charge in [0.05, 0.1) is 47.4 Å². The lowest BCUT2D eigenvalue weighted by Gasteiger charge is -2.16. The number of carbonyl (C=O) groups excluding carboxylic acids is 2. The number of amides is 2. The zero-order valence-electron chi connectivity index (χ0n) is 14.7. The third-order valence-corrected chi connectivity index (χ3v) is 4.93. The minimum atomic E-state index is -0.552. The van der Waals surface area contributed by atoms with Crippen molar-refractivity contribution in [2.75, 3.05) is 7.11 Å². The molecule has 0 fully saturated rings. The monoisotopic (exact) mass is 375 g/mol. The highest BCUT2D eigenvalue weighted by Gasteiger charge is 2.36. The summed E-state index contributed by atoms with van der Waals surface area (Å²) < 4.78 is 16.5. The highest BCUT2D eigenvalue weighted by atomic mass is 16.5. The summed E-state index contributed by atoms with van der Waals surface area (Å²) in [4.78, 5) is 38.5. The van der Waals surface area contributed by atoms with Crippen LogP contribution in [0, 0.1) is 0 Å². The zero-order chi connectivity index (χ0) is 19.4. The third-order valence-electron chi connectivity index (χ3n) is 4.93. The summed E-state index contributed by atoms with van der Waals surface area (Å²) in [5.74, 6) is -0.307. The summed E-state index contributed by atoms with van der Waals surface area (Å²) in [6, 6.07) is 11.3. The number of hydrogen-bond acceptors (Lipinski definition) is 6. The summed E-state index contributed by atoms with van der Waals surface area (Å²) in [6.07, 6.45) is 1.48. The molecule has 0 saturated heterocycles. The molecule has 4 aromatic rings. The van der Waals surface area contributed by atoms with Crippen LogP contribution in [-0.4, -0.2) is 23.8 Å². The molecule has 1 aliphatic rings. The second-order valence-corrected chi connectivity index (χ2v) is 6.41. The molecule has 0 aliphatic carbocycles. The summed E-state index contributed by atoms with van der Waals surface area (Å²) in [5.41, 5.74) is 1.20. The summed E-state index contributed by atoms with van der Waals surface area (Å²) in [7, 11) is 1.51. The number of carbonyl (C=O) groups is 2. The average molecular weight is 375 g/mol. The standard InChI is InChI=1S/C21H13NO6/c1-26-17-13-6-7-16(23)28-19(13)15(18-14(17)8-9-27-18)10-22-20(24)11-4-2-3-5-12(11)21(22)25/h2-9H,10H2,1H3. The fourth-order valence-electron chi connectivity index (χ4n) is 3.69. The van der Waals surface area contributed by atoms with Crippen molar-refractivity contribution in [3.63, 3.8) is 0 Å². The van der Waals surface area contributed by atoms with E-state index in [4.69, 9.17) is 13.6 Å². The molecule has 7 nitrogen and oxygen atoms in total. The van der Waals surface area contributed by atoms with Crippen molar-refractivity contribution in [2.45, 2.75) is 6.54 Å². The Morgan fingerprint density at radius 2 is 1.57 bits per heavy atom. The Kier molecular flexibility index (Phi) is 3.39. The molecule has 0 N–H and O–H groups in total. The lowest BCUT2D eigenvalue weighted by atomic mass is 10.1. The second-order valence-electron chi connectivity index (χ2n) is 6.41. The van der Waals surface area contributed by atoms with Gasteiger partial charge in [0.15, 0.2) is 5.58 Å². The predicted molar refractivity (Wildman–Crippen MR) is 99.5 cm³/mol. The molecule has 0 spiro atoms. The summed E-state index contributed by atoms with van der Waals surface area (Å²) in [6.45, 7) is -0.0934. The van der Waals surface area contributed by atoms with E-state index >= 15 is 0 Å². The van der Waals surface area contributed by atoms with Gasteiger partial charge in [-0.2, -0.15) is 0 Å². The predicted octanol–water partition coefficient (Wildman–Crippen LogP) is 3.34. The maximum Gasteiger partial charge on any atom is 0.336 e. The Morgan fingerprint density at radius 1 is 0.893 bits per heavy atom. The molecule has 2 aromatic heterocycles. The second kappa shape index (κ2) is 5.82. The van der Waals surface area contributed by atoms with Gasteiger partial charge in [0.25, 0.3) is 11.8 Å². The van der Waals surface area contributed by atoms with E-state index in [0.717, 1.165) is 4.90 Å². The van der Waals surface area contributed by atoms with Crippen molar-refractivity contribution in [1.29, 1.82) is 0 Å². The topological polar surface area (TPSA) is 90.0 Å². The Morgan fingerprint density at radius 3 is 2.25 bits per heavy atom. The van der Waals surface area contributed by atoms with Gasteiger partial charge < -0.3 is 13.6 Å². The van der Waals surface area contributed by atoms with Crippen LogP contribution in [0.5, 0.6) is 5.75 Å². The fourth-order valence-corrected chi connectivity index (χ4v) is 3.69. The lowest BCUT2D eigenvalue weighted by Crippen LogP contribution is -2.29. The molecular formula is C21H13NO6. The van der Waals surface area contributed by atoms with E-state index < -0.39 is 17.4 Å². The molecule has 138 valence electrons. The number of nitrogens with zero attached hydrogens (tertiary/aromatic N) is 1. The van der Waals surface area contributed by atoms with Gasteiger partial charge in [0.2, 0.25) is 0 Å². The van der Waals surface area contributed by atoms with Crippen LogP contribution in [0.2, 0.25) is 0 Å². The van der Waals surface area contributed by atoms with Crippen molar-refractivity contribution in [1.82, 2.24) is 4.90 Å². The van der Waals surface area contributed by atoms with E-state index in [-0.39, 0.29) is 12.1 Å². The van der Waals surface area contributed by atoms with Crippen LogP contribution >= 0.6 is 0 Å². The molecule has 2 amide bonds. The van der Waals surface area contributed by atoms with Crippen molar-refractivity contribution in [3.8, 4) is 5.75 Å². The van der Waals surface area contributed by atoms with Gasteiger partial charge in [0.1, 0.15) is 11.3 Å². The van der Waals surface area contributed by atoms with Gasteiger partial charge in [-0.1, -0.05) is 12.1 Å². The number of fused-ring (bicyclic) bond motifs is 3. The maximum absolute atomic E-state index is 12.8. The SMILES string of the molecule is COc1c2ccoc2c(CN2C(=O)c3ccccc3C2=O)c2oc(=O)ccc12. The van der Waals surface area contributed by atoms with Gasteiger partial charge in [-0.3, -0.25) is 14.5 Å². The summed E-state index contributed by atoms with van der Waals surface area (Å²) in [5, 5.41) is 1.22. The Labute approximate surface area is 157 Å². The molecular weight excluding hydrogens is 362 g/mol. The van der Waals surface area contributed by atoms with E-state index in [0.29, 0.717) is 38.8 Å². The number of methoxy groups -OCH3 is 1. The van der Waals surface area contributed by atoms with Crippen LogP contribution in [0.3, 0.4) is 0 Å². The molecule has 3 heterocycles. The number of furan rings is 1. The van der Waals surface area contributed by atoms with Gasteiger partial charge in [0, 0.05) is 6.07 Å². The van der Waals surface area contributed by atoms with Crippen LogP contribution in [0.1, 0.15) is 26.3 Å². The average Bonchev–Trinajstić information content (AvgIpc) is 3.27. The number of benzene rings is 2. The van der Waals surface area contributed by atoms with Gasteiger partial charge in [-0.05, 0) is 24.3 Å². The van der Waals surface area contributed by atoms with Gasteiger partial charge >= 0.3 is 5.63 Å². The molecule has 7 heteroatoms. The molecule has 5 rings (SSSR count). The highest BCUT2D eigenvalue weighted by Crippen LogP contribution is 2.39. The van der Waals surface area contributed by atoms with Gasteiger partial charge in [-0.25, -0.2) is 4.79 Å². The largest absolute Gasteiger partial charge is 0.495 e. The van der Waals surface area contributed by atoms with Crippen LogP contribution in [0.15, 0.2) is 62.4 Å². The Balaban J connectivity index is 1.74. The fraction of sp³-hybridized carbons (Fsp3) is 0.0952. The number of rotatable bonds is 3. The van der Waals surface area contributed by atoms with Crippen molar-refractivity contribution >= 4 is 33.8 Å². The molecule has 28 heavy (non-hydrogen) atoms. The quantitative estimate of drug-likeness (QED) is 0.403. The number of imide groups is 1. The molecule has 0 bridgehead atoms. The van der Waals surface area contributed by atoms with Crippen molar-refractivity contribution in [3.05, 3.63) is 75.8 Å². The first-order valence-corrected chi connectivity index (χ1v) is 8.55. The van der Waals surface area contributed by atoms with E-state index in [2.05, 4.69) is 0 Å². The normalized spacial score (nSPS) is 13.5. The van der Waals surface area contributed by atoms with Crippen LogP contribution < -0.4 is 10.4 Å². The van der Waals surface area contributed by atoms with Crippen LogP contribution in [-0.2, 0) is 6.54 Å². The first-order chi connectivity index (χ1) is 13.6. The Bertz CT molecular complexity index is 1310. The molecule has 1 aliphatic heterocycles. The first-order valence-electron chi connectivity index (χ1n) is 8.55. The summed E-state index contributed by atoms with van der Waals surface area (Å²) >= 11 is 0. The van der Waals surface area contributed by atoms with Crippen molar-refractivity contribution < 1.29 is 23.2 Å². The molecule has 0 atom stereocenters. The smallest absolute Gasteiger partial charge is 0.336 e. The van der Waals surface area contributed by atoms with E-state index in [1.807, 2.05) is 0 Å². The minimum Gasteiger partial charge on any atom is -0.495 e. The zero-order valence-corrected chi connectivity index (χ0v) is 14.7. The minimum absolute atomic E-state index is 0.0934. The van der Waals surface area contributed by atoms with Crippen molar-refractivity contribution in [2.24, 2.45) is 0 Å². The highest BCUT2D eigenvalue weighted by molar-refractivity contribution is 6.21. The third kappa shape index (κ3) is 2.13. The molecule has 0 unspecified atom stereocenters. The first kappa shape index (κ1) is 16.3. The molecule has 2 aromatic carbocycles. The van der Waals surface area contributed by atoms with E-state index in [1.54, 1.807) is 36.4 Å². The van der Waals surface area contributed by atoms with E-state index in [1.165, 1.54) is 19.4 Å². The maximum atomic E-state index is 12.8. The molecule has 0 radical (unpaired) electrons. The van der Waals surface area contributed by atoms with E-state index in [9.17, 15) is 14.4 Å². The number of ether oxygens (including phenoxy) is 1. The lowest BCUT2D eigenvalue weighted by molar-refractivity contribution is 0.0643. The molecule has 0 saturated carbocycles. The van der Waals surface area contributed by atoms with Gasteiger partial charge in [-0.15, -0.1) is 0 Å².